The largest absolute Gasteiger partial charge is 0.373 e. The van der Waals surface area contributed by atoms with E-state index >= 15 is 0 Å². The molecular formula is C18H18N2O2. The topological polar surface area (TPSA) is 49.4 Å². The molecule has 2 amide bonds. The van der Waals surface area contributed by atoms with Crippen LogP contribution in [0.5, 0.6) is 0 Å². The Morgan fingerprint density at radius 2 is 1.59 bits per heavy atom. The van der Waals surface area contributed by atoms with Crippen molar-refractivity contribution >= 4 is 23.2 Å². The van der Waals surface area contributed by atoms with E-state index in [2.05, 4.69) is 5.32 Å². The minimum atomic E-state index is -0.506. The van der Waals surface area contributed by atoms with Gasteiger partial charge in [0.2, 0.25) is 5.91 Å². The van der Waals surface area contributed by atoms with Crippen molar-refractivity contribution in [2.24, 2.45) is 0 Å². The molecule has 0 saturated carbocycles. The van der Waals surface area contributed by atoms with E-state index in [-0.39, 0.29) is 18.2 Å². The number of para-hydroxylation sites is 2. The Kier molecular flexibility index (Phi) is 3.67. The van der Waals surface area contributed by atoms with Gasteiger partial charge in [0.1, 0.15) is 6.04 Å². The number of hydrogen-bond acceptors (Lipinski definition) is 3. The van der Waals surface area contributed by atoms with E-state index in [9.17, 15) is 9.59 Å². The van der Waals surface area contributed by atoms with Gasteiger partial charge in [0, 0.05) is 5.69 Å². The number of carbonyl (C=O) groups excluding carboxylic acids is 2. The van der Waals surface area contributed by atoms with E-state index in [1.165, 1.54) is 4.90 Å². The Labute approximate surface area is 129 Å². The summed E-state index contributed by atoms with van der Waals surface area (Å²) < 4.78 is 0. The van der Waals surface area contributed by atoms with E-state index in [0.717, 1.165) is 22.5 Å². The predicted molar refractivity (Wildman–Crippen MR) is 86.9 cm³/mol. The van der Waals surface area contributed by atoms with E-state index in [4.69, 9.17) is 0 Å². The minimum absolute atomic E-state index is 0.157. The van der Waals surface area contributed by atoms with Crippen LogP contribution in [0.3, 0.4) is 0 Å². The second-order valence-corrected chi connectivity index (χ2v) is 5.57. The van der Waals surface area contributed by atoms with Gasteiger partial charge in [-0.2, -0.15) is 0 Å². The number of benzene rings is 2. The first-order valence-electron chi connectivity index (χ1n) is 7.32. The van der Waals surface area contributed by atoms with Crippen LogP contribution in [0.15, 0.2) is 48.5 Å². The molecule has 0 unspecified atom stereocenters. The fourth-order valence-corrected chi connectivity index (χ4v) is 2.87. The number of amides is 2. The summed E-state index contributed by atoms with van der Waals surface area (Å²) in [5, 5.41) is 3.15. The SMILES string of the molecule is Cc1cccc(C)c1N1C(=O)C[C@H](Nc2ccccc2)C1=O. The number of nitrogens with zero attached hydrogens (tertiary/aromatic N) is 1. The van der Waals surface area contributed by atoms with Gasteiger partial charge >= 0.3 is 0 Å². The third-order valence-electron chi connectivity index (χ3n) is 3.92. The van der Waals surface area contributed by atoms with Crippen molar-refractivity contribution < 1.29 is 9.59 Å². The molecule has 1 heterocycles. The van der Waals surface area contributed by atoms with Crippen molar-refractivity contribution in [2.75, 3.05) is 10.2 Å². The lowest BCUT2D eigenvalue weighted by Gasteiger charge is -2.20. The van der Waals surface area contributed by atoms with Gasteiger partial charge in [0.15, 0.2) is 0 Å². The molecule has 1 saturated heterocycles. The van der Waals surface area contributed by atoms with Crippen LogP contribution in [-0.2, 0) is 9.59 Å². The second-order valence-electron chi connectivity index (χ2n) is 5.57. The zero-order valence-corrected chi connectivity index (χ0v) is 12.7. The zero-order chi connectivity index (χ0) is 15.7. The van der Waals surface area contributed by atoms with Gasteiger partial charge < -0.3 is 5.32 Å². The number of anilines is 2. The number of nitrogens with one attached hydrogen (secondary N) is 1. The van der Waals surface area contributed by atoms with Crippen LogP contribution in [0.2, 0.25) is 0 Å². The Hall–Kier alpha value is -2.62. The highest BCUT2D eigenvalue weighted by Crippen LogP contribution is 2.30. The molecule has 0 spiro atoms. The molecule has 0 aliphatic carbocycles. The van der Waals surface area contributed by atoms with Crippen LogP contribution in [0, 0.1) is 13.8 Å². The van der Waals surface area contributed by atoms with Crippen molar-refractivity contribution in [1.82, 2.24) is 0 Å². The van der Waals surface area contributed by atoms with Gasteiger partial charge in [-0.25, -0.2) is 4.90 Å². The third kappa shape index (κ3) is 2.48. The first-order valence-corrected chi connectivity index (χ1v) is 7.32. The van der Waals surface area contributed by atoms with Crippen LogP contribution < -0.4 is 10.2 Å². The Morgan fingerprint density at radius 1 is 0.955 bits per heavy atom. The highest BCUT2D eigenvalue weighted by molar-refractivity contribution is 6.23. The average Bonchev–Trinajstić information content (AvgIpc) is 2.76. The number of aryl methyl sites for hydroxylation is 2. The number of hydrogen-bond donors (Lipinski definition) is 1. The maximum absolute atomic E-state index is 12.7. The summed E-state index contributed by atoms with van der Waals surface area (Å²) in [6.07, 6.45) is 0.182. The molecule has 0 bridgehead atoms. The van der Waals surface area contributed by atoms with Crippen molar-refractivity contribution in [3.63, 3.8) is 0 Å². The molecule has 1 N–H and O–H groups in total. The lowest BCUT2D eigenvalue weighted by molar-refractivity contribution is -0.121. The van der Waals surface area contributed by atoms with Crippen LogP contribution >= 0.6 is 0 Å². The Bertz CT molecular complexity index is 705. The smallest absolute Gasteiger partial charge is 0.256 e. The fraction of sp³-hybridized carbons (Fsp3) is 0.222. The number of rotatable bonds is 3. The van der Waals surface area contributed by atoms with Gasteiger partial charge in [0.25, 0.3) is 5.91 Å². The van der Waals surface area contributed by atoms with E-state index in [0.29, 0.717) is 0 Å². The van der Waals surface area contributed by atoms with Gasteiger partial charge in [-0.05, 0) is 37.1 Å². The van der Waals surface area contributed by atoms with Crippen molar-refractivity contribution in [2.45, 2.75) is 26.3 Å². The Balaban J connectivity index is 1.89. The van der Waals surface area contributed by atoms with Crippen LogP contribution in [0.4, 0.5) is 11.4 Å². The molecule has 0 radical (unpaired) electrons. The first kappa shape index (κ1) is 14.3. The normalized spacial score (nSPS) is 17.9. The van der Waals surface area contributed by atoms with Crippen LogP contribution in [0.1, 0.15) is 17.5 Å². The highest BCUT2D eigenvalue weighted by Gasteiger charge is 2.40. The zero-order valence-electron chi connectivity index (χ0n) is 12.7. The number of carbonyl (C=O) groups is 2. The first-order chi connectivity index (χ1) is 10.6. The Morgan fingerprint density at radius 3 is 2.23 bits per heavy atom. The highest BCUT2D eigenvalue weighted by atomic mass is 16.2. The summed E-state index contributed by atoms with van der Waals surface area (Å²) in [6, 6.07) is 14.7. The minimum Gasteiger partial charge on any atom is -0.373 e. The average molecular weight is 294 g/mol. The summed E-state index contributed by atoms with van der Waals surface area (Å²) >= 11 is 0. The molecule has 4 nitrogen and oxygen atoms in total. The maximum atomic E-state index is 12.7. The van der Waals surface area contributed by atoms with Crippen LogP contribution in [-0.4, -0.2) is 17.9 Å². The summed E-state index contributed by atoms with van der Waals surface area (Å²) in [5.41, 5.74) is 3.43. The quantitative estimate of drug-likeness (QED) is 0.885. The molecule has 1 atom stereocenters. The molecule has 2 aromatic rings. The third-order valence-corrected chi connectivity index (χ3v) is 3.92. The molecule has 1 aliphatic rings. The molecular weight excluding hydrogens is 276 g/mol. The van der Waals surface area contributed by atoms with Gasteiger partial charge in [-0.3, -0.25) is 9.59 Å². The van der Waals surface area contributed by atoms with Crippen molar-refractivity contribution in [1.29, 1.82) is 0 Å². The monoisotopic (exact) mass is 294 g/mol. The predicted octanol–water partition coefficient (Wildman–Crippen LogP) is 3.05. The molecule has 1 aliphatic heterocycles. The maximum Gasteiger partial charge on any atom is 0.256 e. The fourth-order valence-electron chi connectivity index (χ4n) is 2.87. The van der Waals surface area contributed by atoms with Crippen molar-refractivity contribution in [3.8, 4) is 0 Å². The van der Waals surface area contributed by atoms with Gasteiger partial charge in [-0.1, -0.05) is 36.4 Å². The molecule has 112 valence electrons. The van der Waals surface area contributed by atoms with E-state index in [1.54, 1.807) is 0 Å². The molecule has 4 heteroatoms. The molecule has 2 aromatic carbocycles. The number of imide groups is 1. The molecule has 3 rings (SSSR count). The van der Waals surface area contributed by atoms with Crippen molar-refractivity contribution in [3.05, 3.63) is 59.7 Å². The van der Waals surface area contributed by atoms with Gasteiger partial charge in [0.05, 0.1) is 12.1 Å². The molecule has 0 aromatic heterocycles. The molecule has 22 heavy (non-hydrogen) atoms. The van der Waals surface area contributed by atoms with E-state index < -0.39 is 6.04 Å². The molecule has 1 fully saturated rings. The van der Waals surface area contributed by atoms with E-state index in [1.807, 2.05) is 62.4 Å². The summed E-state index contributed by atoms with van der Waals surface area (Å²) in [7, 11) is 0. The standard InChI is InChI=1S/C18H18N2O2/c1-12-7-6-8-13(2)17(12)20-16(21)11-15(18(20)22)19-14-9-4-3-5-10-14/h3-10,15,19H,11H2,1-2H3/t15-/m0/s1. The summed E-state index contributed by atoms with van der Waals surface area (Å²) in [4.78, 5) is 26.3. The van der Waals surface area contributed by atoms with Crippen LogP contribution in [0.25, 0.3) is 0 Å². The lowest BCUT2D eigenvalue weighted by Crippen LogP contribution is -2.35. The second kappa shape index (κ2) is 5.64. The lowest BCUT2D eigenvalue weighted by atomic mass is 10.1. The van der Waals surface area contributed by atoms with Gasteiger partial charge in [-0.15, -0.1) is 0 Å². The summed E-state index contributed by atoms with van der Waals surface area (Å²) in [6.45, 7) is 3.84. The summed E-state index contributed by atoms with van der Waals surface area (Å²) in [5.74, 6) is -0.345.